The molecule has 2 rings (SSSR count). The minimum Gasteiger partial charge on any atom is -0.322 e. The van der Waals surface area contributed by atoms with Crippen molar-refractivity contribution in [1.82, 2.24) is 0 Å². The Bertz CT molecular complexity index is 879. The topological polar surface area (TPSA) is 52.9 Å². The predicted molar refractivity (Wildman–Crippen MR) is 73.4 cm³/mol. The minimum atomic E-state index is -7.43. The molecule has 1 saturated carbocycles. The van der Waals surface area contributed by atoms with E-state index in [0.717, 1.165) is 11.4 Å². The molecule has 0 spiro atoms. The van der Waals surface area contributed by atoms with Crippen molar-refractivity contribution in [2.45, 2.75) is 35.3 Å². The predicted octanol–water partition coefficient (Wildman–Crippen LogP) is 5.05. The monoisotopic (exact) mass is 460 g/mol. The lowest BCUT2D eigenvalue weighted by atomic mass is 9.71. The van der Waals surface area contributed by atoms with E-state index < -0.39 is 52.4 Å². The molecule has 29 heavy (non-hydrogen) atoms. The number of rotatable bonds is 2. The van der Waals surface area contributed by atoms with Crippen LogP contribution in [0.15, 0.2) is 18.2 Å². The van der Waals surface area contributed by atoms with Gasteiger partial charge in [0, 0.05) is 5.02 Å². The Labute approximate surface area is 158 Å². The van der Waals surface area contributed by atoms with Gasteiger partial charge in [0.15, 0.2) is 0 Å². The molecule has 1 N–H and O–H groups in total. The molecule has 0 unspecified atom stereocenters. The van der Waals surface area contributed by atoms with Gasteiger partial charge in [0.05, 0.1) is 11.3 Å². The van der Waals surface area contributed by atoms with Gasteiger partial charge in [0.25, 0.3) is 5.91 Å². The molecule has 0 aliphatic heterocycles. The van der Waals surface area contributed by atoms with E-state index in [1.165, 1.54) is 6.07 Å². The molecular formula is C14H4ClF11N2O. The number of alkyl halides is 11. The average Bonchev–Trinajstić information content (AvgIpc) is 2.60. The summed E-state index contributed by atoms with van der Waals surface area (Å²) in [5, 5.41) is 9.38. The van der Waals surface area contributed by atoms with E-state index >= 15 is 0 Å². The number of halogens is 12. The molecule has 1 aromatic carbocycles. The summed E-state index contributed by atoms with van der Waals surface area (Å²) < 4.78 is 150. The van der Waals surface area contributed by atoms with Gasteiger partial charge in [-0.25, -0.2) is 4.39 Å². The van der Waals surface area contributed by atoms with E-state index in [2.05, 4.69) is 0 Å². The van der Waals surface area contributed by atoms with Crippen LogP contribution >= 0.6 is 11.6 Å². The van der Waals surface area contributed by atoms with Crippen molar-refractivity contribution in [2.24, 2.45) is 0 Å². The maximum absolute atomic E-state index is 14.5. The van der Waals surface area contributed by atoms with Crippen molar-refractivity contribution >= 4 is 23.2 Å². The summed E-state index contributed by atoms with van der Waals surface area (Å²) >= 11 is 5.45. The number of benzene rings is 1. The van der Waals surface area contributed by atoms with Crippen molar-refractivity contribution in [2.75, 3.05) is 5.32 Å². The Morgan fingerprint density at radius 2 is 1.24 bits per heavy atom. The summed E-state index contributed by atoms with van der Waals surface area (Å²) in [6, 6.07) is 3.23. The summed E-state index contributed by atoms with van der Waals surface area (Å²) in [4.78, 5) is 11.8. The molecule has 1 aromatic rings. The first-order valence-corrected chi connectivity index (χ1v) is 7.31. The Morgan fingerprint density at radius 3 is 1.66 bits per heavy atom. The van der Waals surface area contributed by atoms with Crippen LogP contribution < -0.4 is 5.32 Å². The third-order valence-electron chi connectivity index (χ3n) is 4.11. The van der Waals surface area contributed by atoms with Gasteiger partial charge in [-0.2, -0.15) is 49.2 Å². The molecule has 0 heterocycles. The largest absolute Gasteiger partial charge is 0.384 e. The highest BCUT2D eigenvalue weighted by molar-refractivity contribution is 6.30. The maximum Gasteiger partial charge on any atom is 0.384 e. The third kappa shape index (κ3) is 2.45. The lowest BCUT2D eigenvalue weighted by Crippen LogP contribution is -2.86. The van der Waals surface area contributed by atoms with Crippen LogP contribution in [0.25, 0.3) is 0 Å². The van der Waals surface area contributed by atoms with Gasteiger partial charge < -0.3 is 5.32 Å². The number of hydrogen-bond donors (Lipinski definition) is 1. The van der Waals surface area contributed by atoms with Crippen molar-refractivity contribution in [3.63, 3.8) is 0 Å². The van der Waals surface area contributed by atoms with Crippen LogP contribution in [0.3, 0.4) is 0 Å². The summed E-state index contributed by atoms with van der Waals surface area (Å²) in [6.45, 7) is 0. The lowest BCUT2D eigenvalue weighted by Gasteiger charge is -2.51. The minimum absolute atomic E-state index is 0.249. The fourth-order valence-electron chi connectivity index (χ4n) is 2.43. The Balaban J connectivity index is 2.71. The van der Waals surface area contributed by atoms with Crippen molar-refractivity contribution in [3.05, 3.63) is 28.8 Å². The number of nitrogens with one attached hydrogen (secondary N) is 1. The van der Waals surface area contributed by atoms with Gasteiger partial charge >= 0.3 is 35.3 Å². The Morgan fingerprint density at radius 1 is 0.828 bits per heavy atom. The number of amides is 1. The molecule has 0 aromatic heterocycles. The van der Waals surface area contributed by atoms with Crippen LogP contribution in [0.1, 0.15) is 5.56 Å². The normalized spacial score (nSPS) is 24.9. The van der Waals surface area contributed by atoms with Crippen LogP contribution in [0.2, 0.25) is 5.02 Å². The number of nitrogens with zero attached hydrogens (tertiary/aromatic N) is 1. The SMILES string of the molecule is N#Cc1cc(Cl)ccc1NC(=O)C1(F)C(F)(F)C(F)(F)C(F)(F)C(F)(F)C1(F)F. The van der Waals surface area contributed by atoms with Crippen molar-refractivity contribution < 1.29 is 53.1 Å². The quantitative estimate of drug-likeness (QED) is 0.628. The van der Waals surface area contributed by atoms with Crippen LogP contribution in [-0.4, -0.2) is 41.2 Å². The van der Waals surface area contributed by atoms with Crippen LogP contribution in [0, 0.1) is 11.3 Å². The lowest BCUT2D eigenvalue weighted by molar-refractivity contribution is -0.475. The second kappa shape index (κ2) is 6.10. The molecule has 0 radical (unpaired) electrons. The molecular weight excluding hydrogens is 457 g/mol. The third-order valence-corrected chi connectivity index (χ3v) is 4.34. The van der Waals surface area contributed by atoms with Gasteiger partial charge in [-0.05, 0) is 18.2 Å². The van der Waals surface area contributed by atoms with Crippen molar-refractivity contribution in [1.29, 1.82) is 5.26 Å². The smallest absolute Gasteiger partial charge is 0.322 e. The van der Waals surface area contributed by atoms with Crippen LogP contribution in [-0.2, 0) is 4.79 Å². The second-order valence-electron chi connectivity index (χ2n) is 5.79. The molecule has 0 atom stereocenters. The molecule has 15 heteroatoms. The second-order valence-corrected chi connectivity index (χ2v) is 6.22. The van der Waals surface area contributed by atoms with Gasteiger partial charge in [0.2, 0.25) is 0 Å². The Hall–Kier alpha value is -2.30. The fraction of sp³-hybridized carbons (Fsp3) is 0.429. The van der Waals surface area contributed by atoms with E-state index in [0.29, 0.717) is 12.1 Å². The summed E-state index contributed by atoms with van der Waals surface area (Å²) in [5.41, 5.74) is -8.73. The van der Waals surface area contributed by atoms with Crippen molar-refractivity contribution in [3.8, 4) is 6.07 Å². The van der Waals surface area contributed by atoms with Gasteiger partial charge in [-0.1, -0.05) is 11.6 Å². The first-order valence-electron chi connectivity index (χ1n) is 6.93. The van der Waals surface area contributed by atoms with Gasteiger partial charge in [-0.15, -0.1) is 0 Å². The molecule has 1 fully saturated rings. The molecule has 160 valence electrons. The van der Waals surface area contributed by atoms with Gasteiger partial charge in [-0.3, -0.25) is 4.79 Å². The van der Waals surface area contributed by atoms with Crippen LogP contribution in [0.5, 0.6) is 0 Å². The molecule has 1 aliphatic rings. The maximum atomic E-state index is 14.5. The first kappa shape index (κ1) is 23.0. The van der Waals surface area contributed by atoms with E-state index in [1.54, 1.807) is 0 Å². The highest BCUT2D eigenvalue weighted by atomic mass is 35.5. The van der Waals surface area contributed by atoms with E-state index in [4.69, 9.17) is 16.9 Å². The summed E-state index contributed by atoms with van der Waals surface area (Å²) in [5.74, 6) is -40.4. The number of carbonyl (C=O) groups is 1. The number of anilines is 1. The number of nitriles is 1. The van der Waals surface area contributed by atoms with Crippen LogP contribution in [0.4, 0.5) is 54.0 Å². The number of hydrogen-bond acceptors (Lipinski definition) is 2. The van der Waals surface area contributed by atoms with E-state index in [1.807, 2.05) is 0 Å². The first-order chi connectivity index (χ1) is 12.8. The standard InChI is InChI=1S/C14H4ClF11N2O/c15-6-1-2-7(5(3-6)4-27)28-8(29)9(16)10(17,18)12(21,22)14(25,26)13(23,24)11(9,19)20/h1-3H,(H,28,29). The summed E-state index contributed by atoms with van der Waals surface area (Å²) in [7, 11) is 0. The van der Waals surface area contributed by atoms with E-state index in [-0.39, 0.29) is 5.02 Å². The zero-order valence-corrected chi connectivity index (χ0v) is 13.9. The summed E-state index contributed by atoms with van der Waals surface area (Å²) in [6.07, 6.45) is 0. The highest BCUT2D eigenvalue weighted by Crippen LogP contribution is 2.69. The molecule has 3 nitrogen and oxygen atoms in total. The van der Waals surface area contributed by atoms with Gasteiger partial charge in [0.1, 0.15) is 6.07 Å². The Kier molecular flexibility index (Phi) is 4.83. The van der Waals surface area contributed by atoms with E-state index in [9.17, 15) is 53.1 Å². The molecule has 0 saturated heterocycles. The fourth-order valence-corrected chi connectivity index (χ4v) is 2.61. The highest BCUT2D eigenvalue weighted by Gasteiger charge is 3.02. The molecule has 0 bridgehead atoms. The zero-order valence-electron chi connectivity index (χ0n) is 13.1. The molecule has 1 amide bonds. The molecule has 1 aliphatic carbocycles. The number of carbonyl (C=O) groups excluding carboxylic acids is 1. The average molecular weight is 461 g/mol. The zero-order chi connectivity index (χ0) is 22.8.